The number of nitrogens with zero attached hydrogens (tertiary/aromatic N) is 1. The number of hydrogen-bond acceptors (Lipinski definition) is 7. The van der Waals surface area contributed by atoms with Gasteiger partial charge in [-0.15, -0.1) is 0 Å². The molecule has 9 nitrogen and oxygen atoms in total. The number of anilines is 1. The Morgan fingerprint density at radius 2 is 1.91 bits per heavy atom. The van der Waals surface area contributed by atoms with Crippen LogP contribution in [0.2, 0.25) is 0 Å². The van der Waals surface area contributed by atoms with Crippen LogP contribution in [0.1, 0.15) is 17.3 Å². The average Bonchev–Trinajstić information content (AvgIpc) is 2.80. The number of hydrogen-bond donors (Lipinski definition) is 1. The van der Waals surface area contributed by atoms with E-state index in [9.17, 15) is 22.0 Å². The van der Waals surface area contributed by atoms with Crippen molar-refractivity contribution in [3.63, 3.8) is 0 Å². The molecule has 1 aliphatic heterocycles. The van der Waals surface area contributed by atoms with Crippen LogP contribution in [0.4, 0.5) is 14.5 Å². The molecule has 2 aromatic rings. The van der Waals surface area contributed by atoms with Gasteiger partial charge in [0, 0.05) is 18.8 Å². The molecule has 1 aliphatic rings. The van der Waals surface area contributed by atoms with Crippen molar-refractivity contribution in [2.75, 3.05) is 45.3 Å². The Kier molecular flexibility index (Phi) is 8.06. The molecular formula is C21H24F2N2O7S. The van der Waals surface area contributed by atoms with Gasteiger partial charge in [-0.05, 0) is 37.3 Å². The summed E-state index contributed by atoms with van der Waals surface area (Å²) in [6.45, 7) is -0.330. The number of halogens is 2. The molecule has 0 saturated carbocycles. The summed E-state index contributed by atoms with van der Waals surface area (Å²) in [4.78, 5) is 12.7. The van der Waals surface area contributed by atoms with E-state index in [-0.39, 0.29) is 60.6 Å². The second kappa shape index (κ2) is 10.8. The summed E-state index contributed by atoms with van der Waals surface area (Å²) in [5.41, 5.74) is -0.0813. The van der Waals surface area contributed by atoms with E-state index < -0.39 is 28.3 Å². The number of morpholine rings is 1. The number of carbonyl (C=O) groups excluding carboxylic acids is 1. The molecule has 1 saturated heterocycles. The maximum Gasteiger partial charge on any atom is 0.387 e. The quantitative estimate of drug-likeness (QED) is 0.581. The summed E-state index contributed by atoms with van der Waals surface area (Å²) in [5, 5.41) is 2.53. The number of methoxy groups -OCH3 is 1. The highest BCUT2D eigenvalue weighted by Gasteiger charge is 2.30. The zero-order valence-corrected chi connectivity index (χ0v) is 18.9. The molecule has 0 unspecified atom stereocenters. The fourth-order valence-corrected chi connectivity index (χ4v) is 4.82. The van der Waals surface area contributed by atoms with E-state index in [1.165, 1.54) is 47.8 Å². The van der Waals surface area contributed by atoms with Gasteiger partial charge in [-0.2, -0.15) is 13.1 Å². The molecule has 33 heavy (non-hydrogen) atoms. The molecule has 180 valence electrons. The van der Waals surface area contributed by atoms with Crippen molar-refractivity contribution in [2.24, 2.45) is 0 Å². The molecule has 3 rings (SSSR count). The van der Waals surface area contributed by atoms with Gasteiger partial charge < -0.3 is 24.3 Å². The molecule has 0 aromatic heterocycles. The van der Waals surface area contributed by atoms with E-state index in [4.69, 9.17) is 14.2 Å². The van der Waals surface area contributed by atoms with Crippen molar-refractivity contribution >= 4 is 21.6 Å². The number of sulfonamides is 1. The van der Waals surface area contributed by atoms with Gasteiger partial charge >= 0.3 is 6.61 Å². The van der Waals surface area contributed by atoms with Crippen molar-refractivity contribution in [3.8, 4) is 17.2 Å². The Morgan fingerprint density at radius 1 is 1.18 bits per heavy atom. The van der Waals surface area contributed by atoms with Crippen LogP contribution in [0.25, 0.3) is 0 Å². The van der Waals surface area contributed by atoms with Gasteiger partial charge in [-0.25, -0.2) is 8.42 Å². The Labute approximate surface area is 190 Å². The minimum absolute atomic E-state index is 0.0507. The van der Waals surface area contributed by atoms with Gasteiger partial charge in [0.15, 0.2) is 11.5 Å². The summed E-state index contributed by atoms with van der Waals surface area (Å²) >= 11 is 0. The van der Waals surface area contributed by atoms with Crippen molar-refractivity contribution in [2.45, 2.75) is 18.4 Å². The highest BCUT2D eigenvalue weighted by molar-refractivity contribution is 7.89. The van der Waals surface area contributed by atoms with Crippen molar-refractivity contribution in [3.05, 3.63) is 42.0 Å². The predicted molar refractivity (Wildman–Crippen MR) is 115 cm³/mol. The van der Waals surface area contributed by atoms with Gasteiger partial charge in [0.25, 0.3) is 5.91 Å². The largest absolute Gasteiger partial charge is 0.493 e. The molecule has 1 amide bonds. The third-order valence-electron chi connectivity index (χ3n) is 4.74. The fraction of sp³-hybridized carbons (Fsp3) is 0.381. The first-order chi connectivity index (χ1) is 15.8. The molecule has 2 aromatic carbocycles. The van der Waals surface area contributed by atoms with Crippen LogP contribution in [-0.2, 0) is 14.8 Å². The van der Waals surface area contributed by atoms with E-state index in [0.717, 1.165) is 0 Å². The number of carbonyl (C=O) groups is 1. The SMILES string of the molecule is CCOc1ccc(NC(=O)c2cccc(OC)c2OC(F)F)cc1S(=O)(=O)N1CCOCC1. The van der Waals surface area contributed by atoms with Gasteiger partial charge in [0.1, 0.15) is 10.6 Å². The predicted octanol–water partition coefficient (Wildman–Crippen LogP) is 2.97. The maximum atomic E-state index is 13.2. The van der Waals surface area contributed by atoms with Crippen LogP contribution in [-0.4, -0.2) is 65.3 Å². The average molecular weight is 486 g/mol. The topological polar surface area (TPSA) is 103 Å². The molecule has 0 spiro atoms. The molecule has 0 radical (unpaired) electrons. The number of benzene rings is 2. The molecular weight excluding hydrogens is 462 g/mol. The van der Waals surface area contributed by atoms with E-state index in [0.29, 0.717) is 0 Å². The van der Waals surface area contributed by atoms with E-state index in [1.807, 2.05) is 0 Å². The monoisotopic (exact) mass is 486 g/mol. The fourth-order valence-electron chi connectivity index (χ4n) is 3.25. The minimum Gasteiger partial charge on any atom is -0.493 e. The highest BCUT2D eigenvalue weighted by atomic mass is 32.2. The lowest BCUT2D eigenvalue weighted by Crippen LogP contribution is -2.40. The number of ether oxygens (including phenoxy) is 4. The summed E-state index contributed by atoms with van der Waals surface area (Å²) in [5.74, 6) is -1.14. The van der Waals surface area contributed by atoms with Crippen molar-refractivity contribution in [1.29, 1.82) is 0 Å². The number of para-hydroxylation sites is 1. The zero-order chi connectivity index (χ0) is 24.0. The molecule has 0 atom stereocenters. The van der Waals surface area contributed by atoms with Gasteiger partial charge in [-0.1, -0.05) is 6.07 Å². The maximum absolute atomic E-state index is 13.2. The Bertz CT molecular complexity index is 1090. The van der Waals surface area contributed by atoms with Crippen LogP contribution in [0, 0.1) is 0 Å². The molecule has 0 aliphatic carbocycles. The summed E-state index contributed by atoms with van der Waals surface area (Å²) in [6.07, 6.45) is 0. The van der Waals surface area contributed by atoms with Crippen LogP contribution in [0.5, 0.6) is 17.2 Å². The molecule has 1 heterocycles. The molecule has 12 heteroatoms. The highest BCUT2D eigenvalue weighted by Crippen LogP contribution is 2.34. The van der Waals surface area contributed by atoms with Gasteiger partial charge in [-0.3, -0.25) is 4.79 Å². The van der Waals surface area contributed by atoms with E-state index in [2.05, 4.69) is 10.1 Å². The van der Waals surface area contributed by atoms with Crippen molar-refractivity contribution < 1.29 is 40.9 Å². The third-order valence-corrected chi connectivity index (χ3v) is 6.66. The van der Waals surface area contributed by atoms with Crippen LogP contribution in [0.3, 0.4) is 0 Å². The van der Waals surface area contributed by atoms with E-state index >= 15 is 0 Å². The van der Waals surface area contributed by atoms with Crippen LogP contribution in [0.15, 0.2) is 41.3 Å². The minimum atomic E-state index is -3.94. The number of alkyl halides is 2. The zero-order valence-electron chi connectivity index (χ0n) is 18.0. The smallest absolute Gasteiger partial charge is 0.387 e. The van der Waals surface area contributed by atoms with E-state index in [1.54, 1.807) is 6.92 Å². The summed E-state index contributed by atoms with van der Waals surface area (Å²) in [7, 11) is -2.68. The first-order valence-electron chi connectivity index (χ1n) is 10.1. The normalized spacial score (nSPS) is 14.7. The summed E-state index contributed by atoms with van der Waals surface area (Å²) < 4.78 is 73.6. The van der Waals surface area contributed by atoms with Gasteiger partial charge in [0.2, 0.25) is 10.0 Å². The first-order valence-corrected chi connectivity index (χ1v) is 11.5. The molecule has 0 bridgehead atoms. The standard InChI is InChI=1S/C21H24F2N2O7S/c1-3-31-16-8-7-14(13-18(16)33(27,28)25-9-11-30-12-10-25)24-20(26)15-5-4-6-17(29-2)19(15)32-21(22)23/h4-8,13,21H,3,9-12H2,1-2H3,(H,24,26). The molecule has 1 N–H and O–H groups in total. The lowest BCUT2D eigenvalue weighted by atomic mass is 10.1. The van der Waals surface area contributed by atoms with Crippen molar-refractivity contribution in [1.82, 2.24) is 4.31 Å². The Balaban J connectivity index is 1.95. The lowest BCUT2D eigenvalue weighted by Gasteiger charge is -2.27. The second-order valence-corrected chi connectivity index (χ2v) is 8.69. The third kappa shape index (κ3) is 5.70. The summed E-state index contributed by atoms with van der Waals surface area (Å²) in [6, 6.07) is 8.25. The van der Waals surface area contributed by atoms with Gasteiger partial charge in [0.05, 0.1) is 32.5 Å². The van der Waals surface area contributed by atoms with Crippen LogP contribution < -0.4 is 19.5 Å². The van der Waals surface area contributed by atoms with Crippen LogP contribution >= 0.6 is 0 Å². The molecule has 1 fully saturated rings. The Morgan fingerprint density at radius 3 is 2.55 bits per heavy atom. The lowest BCUT2D eigenvalue weighted by molar-refractivity contribution is -0.0515. The number of amides is 1. The Hall–Kier alpha value is -2.96. The number of nitrogens with one attached hydrogen (secondary N) is 1. The second-order valence-electron chi connectivity index (χ2n) is 6.78. The number of rotatable bonds is 9. The first kappa shape index (κ1) is 24.7.